The number of halogens is 1. The Bertz CT molecular complexity index is 790. The predicted octanol–water partition coefficient (Wildman–Crippen LogP) is 2.50. The molecule has 0 radical (unpaired) electrons. The summed E-state index contributed by atoms with van der Waals surface area (Å²) >= 11 is 6.22. The highest BCUT2D eigenvalue weighted by Gasteiger charge is 2.59. The summed E-state index contributed by atoms with van der Waals surface area (Å²) in [6, 6.07) is 7.17. The molecule has 1 saturated heterocycles. The zero-order chi connectivity index (χ0) is 16.0. The zero-order valence-electron chi connectivity index (χ0n) is 12.1. The molecule has 0 atom stereocenters. The van der Waals surface area contributed by atoms with Gasteiger partial charge < -0.3 is 5.32 Å². The Kier molecular flexibility index (Phi) is 3.09. The number of aromatic nitrogens is 2. The van der Waals surface area contributed by atoms with Gasteiger partial charge in [0.15, 0.2) is 0 Å². The van der Waals surface area contributed by atoms with Gasteiger partial charge in [-0.15, -0.1) is 0 Å². The van der Waals surface area contributed by atoms with E-state index in [0.29, 0.717) is 23.6 Å². The van der Waals surface area contributed by atoms with E-state index < -0.39 is 11.6 Å². The van der Waals surface area contributed by atoms with E-state index in [9.17, 15) is 9.59 Å². The molecule has 2 fully saturated rings. The van der Waals surface area contributed by atoms with Gasteiger partial charge in [0.05, 0.1) is 18.1 Å². The minimum absolute atomic E-state index is 0.167. The second-order valence-electron chi connectivity index (χ2n) is 5.88. The number of carbonyl (C=O) groups is 2. The van der Waals surface area contributed by atoms with Gasteiger partial charge >= 0.3 is 6.03 Å². The molecule has 1 saturated carbocycles. The second kappa shape index (κ2) is 5.03. The third-order valence-electron chi connectivity index (χ3n) is 4.50. The maximum atomic E-state index is 12.7. The number of benzene rings is 1. The van der Waals surface area contributed by atoms with Gasteiger partial charge in [0, 0.05) is 5.02 Å². The summed E-state index contributed by atoms with van der Waals surface area (Å²) in [4.78, 5) is 33.8. The molecular formula is C16H13ClN4O2. The molecule has 116 valence electrons. The van der Waals surface area contributed by atoms with Crippen molar-refractivity contribution >= 4 is 29.2 Å². The Morgan fingerprint density at radius 1 is 1.17 bits per heavy atom. The van der Waals surface area contributed by atoms with Crippen molar-refractivity contribution in [1.82, 2.24) is 15.3 Å². The Morgan fingerprint density at radius 2 is 1.87 bits per heavy atom. The van der Waals surface area contributed by atoms with Crippen LogP contribution in [0, 0.1) is 0 Å². The number of imide groups is 1. The minimum atomic E-state index is -0.837. The van der Waals surface area contributed by atoms with Crippen molar-refractivity contribution in [3.05, 3.63) is 53.6 Å². The number of urea groups is 1. The van der Waals surface area contributed by atoms with E-state index in [4.69, 9.17) is 11.6 Å². The van der Waals surface area contributed by atoms with E-state index in [0.717, 1.165) is 10.5 Å². The molecule has 0 bridgehead atoms. The molecule has 23 heavy (non-hydrogen) atoms. The SMILES string of the molecule is O=C1NC2(CC(c3ccccc3Cl)C2)C(=O)N1c1cncnc1. The van der Waals surface area contributed by atoms with Crippen LogP contribution in [0.15, 0.2) is 43.0 Å². The van der Waals surface area contributed by atoms with Gasteiger partial charge in [-0.1, -0.05) is 29.8 Å². The number of carbonyl (C=O) groups excluding carboxylic acids is 2. The third-order valence-corrected chi connectivity index (χ3v) is 4.85. The van der Waals surface area contributed by atoms with Crippen LogP contribution in [0.5, 0.6) is 0 Å². The fraction of sp³-hybridized carbons (Fsp3) is 0.250. The highest BCUT2D eigenvalue weighted by Crippen LogP contribution is 2.49. The number of nitrogens with zero attached hydrogens (tertiary/aromatic N) is 3. The molecule has 3 amide bonds. The van der Waals surface area contributed by atoms with Crippen molar-refractivity contribution in [1.29, 1.82) is 0 Å². The second-order valence-corrected chi connectivity index (χ2v) is 6.28. The molecule has 1 spiro atoms. The number of hydrogen-bond acceptors (Lipinski definition) is 4. The maximum absolute atomic E-state index is 12.7. The lowest BCUT2D eigenvalue weighted by Crippen LogP contribution is -2.56. The van der Waals surface area contributed by atoms with Crippen LogP contribution in [0.1, 0.15) is 24.3 Å². The largest absolute Gasteiger partial charge is 0.329 e. The van der Waals surface area contributed by atoms with E-state index in [-0.39, 0.29) is 11.8 Å². The van der Waals surface area contributed by atoms with Gasteiger partial charge in [-0.25, -0.2) is 19.7 Å². The quantitative estimate of drug-likeness (QED) is 0.859. The molecule has 6 nitrogen and oxygen atoms in total. The van der Waals surface area contributed by atoms with E-state index in [1.807, 2.05) is 24.3 Å². The number of nitrogens with one attached hydrogen (secondary N) is 1. The molecule has 4 rings (SSSR count). The molecular weight excluding hydrogens is 316 g/mol. The predicted molar refractivity (Wildman–Crippen MR) is 84.2 cm³/mol. The van der Waals surface area contributed by atoms with Crippen molar-refractivity contribution in [2.45, 2.75) is 24.3 Å². The van der Waals surface area contributed by atoms with Crippen molar-refractivity contribution < 1.29 is 9.59 Å². The lowest BCUT2D eigenvalue weighted by atomic mass is 9.65. The molecule has 1 aliphatic carbocycles. The average Bonchev–Trinajstić information content (AvgIpc) is 2.78. The first-order valence-electron chi connectivity index (χ1n) is 7.27. The van der Waals surface area contributed by atoms with Crippen molar-refractivity contribution in [3.8, 4) is 0 Å². The Balaban J connectivity index is 1.58. The normalized spacial score (nSPS) is 26.3. The highest BCUT2D eigenvalue weighted by molar-refractivity contribution is 6.31. The Labute approximate surface area is 137 Å². The van der Waals surface area contributed by atoms with E-state index in [1.165, 1.54) is 18.7 Å². The topological polar surface area (TPSA) is 75.2 Å². The standard InChI is InChI=1S/C16H13ClN4O2/c17-13-4-2-1-3-12(13)10-5-16(6-10)14(22)21(15(23)20-16)11-7-18-9-19-8-11/h1-4,7-10H,5-6H2,(H,20,23). The first-order chi connectivity index (χ1) is 11.1. The van der Waals surface area contributed by atoms with Crippen LogP contribution in [0.2, 0.25) is 5.02 Å². The lowest BCUT2D eigenvalue weighted by molar-refractivity contribution is -0.125. The molecule has 7 heteroatoms. The third kappa shape index (κ3) is 2.09. The molecule has 1 N–H and O–H groups in total. The molecule has 1 aromatic carbocycles. The first-order valence-corrected chi connectivity index (χ1v) is 7.65. The van der Waals surface area contributed by atoms with Crippen LogP contribution in [0.3, 0.4) is 0 Å². The van der Waals surface area contributed by atoms with Crippen LogP contribution in [-0.2, 0) is 4.79 Å². The van der Waals surface area contributed by atoms with Gasteiger partial charge in [-0.3, -0.25) is 4.79 Å². The van der Waals surface area contributed by atoms with Crippen LogP contribution >= 0.6 is 11.6 Å². The number of amides is 3. The van der Waals surface area contributed by atoms with E-state index >= 15 is 0 Å². The number of rotatable bonds is 2. The maximum Gasteiger partial charge on any atom is 0.329 e. The van der Waals surface area contributed by atoms with Gasteiger partial charge in [-0.05, 0) is 30.4 Å². The van der Waals surface area contributed by atoms with Crippen LogP contribution in [-0.4, -0.2) is 27.4 Å². The van der Waals surface area contributed by atoms with Crippen LogP contribution in [0.25, 0.3) is 0 Å². The Morgan fingerprint density at radius 3 is 2.57 bits per heavy atom. The summed E-state index contributed by atoms with van der Waals surface area (Å²) in [6.07, 6.45) is 5.35. The zero-order valence-corrected chi connectivity index (χ0v) is 12.8. The van der Waals surface area contributed by atoms with Gasteiger partial charge in [0.25, 0.3) is 5.91 Å². The molecule has 2 heterocycles. The number of hydrogen-bond donors (Lipinski definition) is 1. The van der Waals surface area contributed by atoms with Crippen LogP contribution in [0.4, 0.5) is 10.5 Å². The first kappa shape index (κ1) is 14.1. The van der Waals surface area contributed by atoms with E-state index in [2.05, 4.69) is 15.3 Å². The number of anilines is 1. The summed E-state index contributed by atoms with van der Waals surface area (Å²) < 4.78 is 0. The fourth-order valence-electron chi connectivity index (χ4n) is 3.35. The monoisotopic (exact) mass is 328 g/mol. The fourth-order valence-corrected chi connectivity index (χ4v) is 3.64. The summed E-state index contributed by atoms with van der Waals surface area (Å²) in [5.41, 5.74) is 0.563. The summed E-state index contributed by atoms with van der Waals surface area (Å²) in [5.74, 6) is -0.0828. The molecule has 2 aromatic rings. The van der Waals surface area contributed by atoms with Gasteiger partial charge in [-0.2, -0.15) is 0 Å². The van der Waals surface area contributed by atoms with Crippen molar-refractivity contribution in [2.75, 3.05) is 4.90 Å². The van der Waals surface area contributed by atoms with E-state index in [1.54, 1.807) is 0 Å². The highest BCUT2D eigenvalue weighted by atomic mass is 35.5. The van der Waals surface area contributed by atoms with Crippen molar-refractivity contribution in [3.63, 3.8) is 0 Å². The average molecular weight is 329 g/mol. The summed E-state index contributed by atoms with van der Waals surface area (Å²) in [7, 11) is 0. The van der Waals surface area contributed by atoms with Crippen LogP contribution < -0.4 is 10.2 Å². The molecule has 2 aliphatic rings. The van der Waals surface area contributed by atoms with Gasteiger partial charge in [0.1, 0.15) is 11.9 Å². The molecule has 1 aromatic heterocycles. The molecule has 0 unspecified atom stereocenters. The lowest BCUT2D eigenvalue weighted by Gasteiger charge is -2.43. The minimum Gasteiger partial charge on any atom is -0.323 e. The Hall–Kier alpha value is -2.47. The van der Waals surface area contributed by atoms with Gasteiger partial charge in [0.2, 0.25) is 0 Å². The molecule has 1 aliphatic heterocycles. The summed E-state index contributed by atoms with van der Waals surface area (Å²) in [5, 5.41) is 3.52. The smallest absolute Gasteiger partial charge is 0.323 e. The summed E-state index contributed by atoms with van der Waals surface area (Å²) in [6.45, 7) is 0. The van der Waals surface area contributed by atoms with Crippen molar-refractivity contribution in [2.24, 2.45) is 0 Å².